The molecule has 2 aromatic rings. The Morgan fingerprint density at radius 2 is 2.15 bits per heavy atom. The molecular weight excluding hydrogens is 344 g/mol. The Labute approximate surface area is 147 Å². The van der Waals surface area contributed by atoms with Crippen molar-refractivity contribution >= 4 is 29.8 Å². The molecule has 0 unspecified atom stereocenters. The first-order valence-corrected chi connectivity index (χ1v) is 7.24. The highest BCUT2D eigenvalue weighted by Crippen LogP contribution is 2.25. The minimum Gasteiger partial charge on any atom is -0.502 e. The zero-order valence-electron chi connectivity index (χ0n) is 13.3. The summed E-state index contributed by atoms with van der Waals surface area (Å²) >= 11 is 0. The highest BCUT2D eigenvalue weighted by atomic mass is 16.6. The van der Waals surface area contributed by atoms with Crippen LogP contribution < -0.4 is 10.7 Å². The number of benzene rings is 1. The van der Waals surface area contributed by atoms with Gasteiger partial charge in [-0.3, -0.25) is 19.7 Å². The molecule has 2 amide bonds. The van der Waals surface area contributed by atoms with Crippen molar-refractivity contribution in [3.8, 4) is 5.75 Å². The fourth-order valence-electron chi connectivity index (χ4n) is 1.76. The third-order valence-electron chi connectivity index (χ3n) is 2.96. The Hall–Kier alpha value is -3.95. The van der Waals surface area contributed by atoms with Crippen molar-refractivity contribution in [2.75, 3.05) is 6.54 Å². The van der Waals surface area contributed by atoms with Gasteiger partial charge in [0, 0.05) is 17.7 Å². The third kappa shape index (κ3) is 5.60. The first-order valence-electron chi connectivity index (χ1n) is 7.24. The molecule has 0 fully saturated rings. The number of nitrogens with zero attached hydrogens (tertiary/aromatic N) is 2. The Morgan fingerprint density at radius 3 is 2.85 bits per heavy atom. The molecule has 0 spiro atoms. The standard InChI is InChI=1S/C16H14N4O6/c21-14-5-3-11(8-13(14)20(24)25)9-18-19-16(23)10-17-15(22)6-4-12-2-1-7-26-12/h1-9,21H,10H2,(H,17,22)(H,19,23)/b6-4+,18-9-. The molecule has 1 heterocycles. The average Bonchev–Trinajstić information content (AvgIpc) is 3.13. The van der Waals surface area contributed by atoms with Crippen LogP contribution in [0.15, 0.2) is 52.2 Å². The van der Waals surface area contributed by atoms with Crippen LogP contribution in [0.4, 0.5) is 5.69 Å². The average molecular weight is 358 g/mol. The van der Waals surface area contributed by atoms with E-state index in [0.29, 0.717) is 11.3 Å². The summed E-state index contributed by atoms with van der Waals surface area (Å²) in [5, 5.41) is 26.0. The Kier molecular flexibility index (Phi) is 6.21. The third-order valence-corrected chi connectivity index (χ3v) is 2.96. The predicted octanol–water partition coefficient (Wildman–Crippen LogP) is 1.17. The van der Waals surface area contributed by atoms with E-state index in [1.54, 1.807) is 12.1 Å². The molecule has 0 atom stereocenters. The lowest BCUT2D eigenvalue weighted by atomic mass is 10.2. The van der Waals surface area contributed by atoms with Crippen molar-refractivity contribution < 1.29 is 24.0 Å². The van der Waals surface area contributed by atoms with Crippen LogP contribution in [-0.4, -0.2) is 34.6 Å². The topological polar surface area (TPSA) is 147 Å². The fourth-order valence-corrected chi connectivity index (χ4v) is 1.76. The van der Waals surface area contributed by atoms with E-state index in [1.165, 1.54) is 30.7 Å². The molecule has 26 heavy (non-hydrogen) atoms. The van der Waals surface area contributed by atoms with E-state index in [9.17, 15) is 24.8 Å². The summed E-state index contributed by atoms with van der Waals surface area (Å²) in [4.78, 5) is 33.1. The molecule has 10 nitrogen and oxygen atoms in total. The van der Waals surface area contributed by atoms with Gasteiger partial charge in [0.05, 0.1) is 23.9 Å². The highest BCUT2D eigenvalue weighted by molar-refractivity contribution is 5.94. The van der Waals surface area contributed by atoms with E-state index >= 15 is 0 Å². The number of rotatable bonds is 7. The Morgan fingerprint density at radius 1 is 1.35 bits per heavy atom. The molecular formula is C16H14N4O6. The quantitative estimate of drug-likeness (QED) is 0.293. The largest absolute Gasteiger partial charge is 0.502 e. The second kappa shape index (κ2) is 8.78. The van der Waals surface area contributed by atoms with Crippen LogP contribution in [0, 0.1) is 10.1 Å². The van der Waals surface area contributed by atoms with Gasteiger partial charge in [0.1, 0.15) is 5.76 Å². The van der Waals surface area contributed by atoms with Gasteiger partial charge < -0.3 is 14.8 Å². The van der Waals surface area contributed by atoms with Gasteiger partial charge in [-0.1, -0.05) is 0 Å². The molecule has 3 N–H and O–H groups in total. The summed E-state index contributed by atoms with van der Waals surface area (Å²) in [5.41, 5.74) is 1.99. The van der Waals surface area contributed by atoms with Crippen LogP contribution >= 0.6 is 0 Å². The molecule has 0 saturated heterocycles. The van der Waals surface area contributed by atoms with Crippen molar-refractivity contribution in [3.05, 3.63) is 64.1 Å². The number of nitro benzene ring substituents is 1. The van der Waals surface area contributed by atoms with Crippen molar-refractivity contribution in [2.45, 2.75) is 0 Å². The molecule has 1 aromatic carbocycles. The molecule has 0 aliphatic heterocycles. The number of hydrogen-bond donors (Lipinski definition) is 3. The number of carbonyl (C=O) groups excluding carboxylic acids is 2. The monoisotopic (exact) mass is 358 g/mol. The van der Waals surface area contributed by atoms with Gasteiger partial charge >= 0.3 is 5.69 Å². The number of aromatic hydroxyl groups is 1. The molecule has 10 heteroatoms. The first-order chi connectivity index (χ1) is 12.5. The summed E-state index contributed by atoms with van der Waals surface area (Å²) in [7, 11) is 0. The summed E-state index contributed by atoms with van der Waals surface area (Å²) in [5.74, 6) is -1.05. The van der Waals surface area contributed by atoms with Crippen LogP contribution in [0.1, 0.15) is 11.3 Å². The Balaban J connectivity index is 1.79. The van der Waals surface area contributed by atoms with Crippen LogP contribution in [0.25, 0.3) is 6.08 Å². The van der Waals surface area contributed by atoms with E-state index in [1.807, 2.05) is 0 Å². The number of nitrogens with one attached hydrogen (secondary N) is 2. The van der Waals surface area contributed by atoms with Crippen LogP contribution in [0.3, 0.4) is 0 Å². The molecule has 0 bridgehead atoms. The molecule has 0 radical (unpaired) electrons. The lowest BCUT2D eigenvalue weighted by Crippen LogP contribution is -2.34. The van der Waals surface area contributed by atoms with E-state index in [4.69, 9.17) is 4.42 Å². The van der Waals surface area contributed by atoms with Crippen molar-refractivity contribution in [2.24, 2.45) is 5.10 Å². The molecule has 134 valence electrons. The van der Waals surface area contributed by atoms with E-state index < -0.39 is 28.2 Å². The maximum atomic E-state index is 11.6. The summed E-state index contributed by atoms with van der Waals surface area (Å²) in [6, 6.07) is 6.98. The number of carbonyl (C=O) groups is 2. The molecule has 0 saturated carbocycles. The van der Waals surface area contributed by atoms with Gasteiger partial charge in [0.25, 0.3) is 5.91 Å². The summed E-state index contributed by atoms with van der Waals surface area (Å²) in [6.45, 7) is -0.311. The van der Waals surface area contributed by atoms with Gasteiger partial charge in [0.2, 0.25) is 5.91 Å². The fraction of sp³-hybridized carbons (Fsp3) is 0.0625. The number of hydrazone groups is 1. The smallest absolute Gasteiger partial charge is 0.311 e. The van der Waals surface area contributed by atoms with Crippen molar-refractivity contribution in [3.63, 3.8) is 0 Å². The number of furan rings is 1. The van der Waals surface area contributed by atoms with Crippen LogP contribution in [0.5, 0.6) is 5.75 Å². The number of nitro groups is 1. The zero-order chi connectivity index (χ0) is 18.9. The van der Waals surface area contributed by atoms with Gasteiger partial charge in [-0.2, -0.15) is 5.10 Å². The van der Waals surface area contributed by atoms with Gasteiger partial charge in [0.15, 0.2) is 5.75 Å². The van der Waals surface area contributed by atoms with Crippen molar-refractivity contribution in [1.29, 1.82) is 0 Å². The predicted molar refractivity (Wildman–Crippen MR) is 91.2 cm³/mol. The van der Waals surface area contributed by atoms with E-state index in [2.05, 4.69) is 15.8 Å². The maximum Gasteiger partial charge on any atom is 0.311 e. The SMILES string of the molecule is O=C(/C=C/c1ccco1)NCC(=O)N/N=C\c1ccc(O)c([N+](=O)[O-])c1. The lowest BCUT2D eigenvalue weighted by Gasteiger charge is -2.01. The van der Waals surface area contributed by atoms with E-state index in [-0.39, 0.29) is 6.54 Å². The molecule has 2 rings (SSSR count). The van der Waals surface area contributed by atoms with E-state index in [0.717, 1.165) is 12.1 Å². The normalized spacial score (nSPS) is 10.9. The molecule has 0 aliphatic carbocycles. The first kappa shape index (κ1) is 18.4. The second-order valence-corrected chi connectivity index (χ2v) is 4.86. The molecule has 1 aromatic heterocycles. The van der Waals surface area contributed by atoms with Crippen molar-refractivity contribution in [1.82, 2.24) is 10.7 Å². The lowest BCUT2D eigenvalue weighted by molar-refractivity contribution is -0.385. The second-order valence-electron chi connectivity index (χ2n) is 4.86. The minimum absolute atomic E-state index is 0.306. The van der Waals surface area contributed by atoms with Crippen LogP contribution in [0.2, 0.25) is 0 Å². The summed E-state index contributed by atoms with van der Waals surface area (Å²) in [6.07, 6.45) is 5.29. The maximum absolute atomic E-state index is 11.6. The number of phenolic OH excluding ortho intramolecular Hbond substituents is 1. The number of hydrogen-bond acceptors (Lipinski definition) is 7. The summed E-state index contributed by atoms with van der Waals surface area (Å²) < 4.78 is 5.01. The Bertz CT molecular complexity index is 858. The van der Waals surface area contributed by atoms with Gasteiger partial charge in [-0.15, -0.1) is 0 Å². The minimum atomic E-state index is -0.739. The number of amides is 2. The molecule has 0 aliphatic rings. The number of phenols is 1. The van der Waals surface area contributed by atoms with Gasteiger partial charge in [-0.25, -0.2) is 5.43 Å². The van der Waals surface area contributed by atoms with Gasteiger partial charge in [-0.05, 0) is 30.3 Å². The van der Waals surface area contributed by atoms with Crippen LogP contribution in [-0.2, 0) is 9.59 Å². The zero-order valence-corrected chi connectivity index (χ0v) is 13.3. The highest BCUT2D eigenvalue weighted by Gasteiger charge is 2.12.